The second-order valence-electron chi connectivity index (χ2n) is 5.70. The first-order chi connectivity index (χ1) is 9.91. The van der Waals surface area contributed by atoms with Crippen LogP contribution in [0.5, 0.6) is 0 Å². The molecular formula is C15H20BrF3N2. The van der Waals surface area contributed by atoms with Gasteiger partial charge >= 0.3 is 6.18 Å². The van der Waals surface area contributed by atoms with E-state index in [2.05, 4.69) is 21.4 Å². The van der Waals surface area contributed by atoms with Crippen LogP contribution in [-0.4, -0.2) is 12.2 Å². The summed E-state index contributed by atoms with van der Waals surface area (Å²) in [5.74, 6) is 3.86. The van der Waals surface area contributed by atoms with Crippen LogP contribution in [0.2, 0.25) is 0 Å². The molecule has 6 heteroatoms. The molecule has 1 saturated carbocycles. The predicted octanol–water partition coefficient (Wildman–Crippen LogP) is 4.19. The monoisotopic (exact) mass is 364 g/mol. The van der Waals surface area contributed by atoms with E-state index in [1.807, 2.05) is 24.3 Å². The Labute approximate surface area is 131 Å². The average Bonchev–Trinajstić information content (AvgIpc) is 2.44. The zero-order chi connectivity index (χ0) is 15.5. The van der Waals surface area contributed by atoms with Gasteiger partial charge in [-0.25, -0.2) is 0 Å². The molecule has 0 saturated heterocycles. The first-order valence-electron chi connectivity index (χ1n) is 7.19. The van der Waals surface area contributed by atoms with Gasteiger partial charge in [-0.3, -0.25) is 11.3 Å². The molecule has 3 unspecified atom stereocenters. The Morgan fingerprint density at radius 2 is 2.00 bits per heavy atom. The zero-order valence-corrected chi connectivity index (χ0v) is 13.3. The molecule has 0 bridgehead atoms. The van der Waals surface area contributed by atoms with Crippen LogP contribution in [0.1, 0.15) is 31.2 Å². The SMILES string of the molecule is NNC(Cc1cccc(Br)c1)C1CCCCC1C(F)(F)F. The van der Waals surface area contributed by atoms with E-state index in [1.165, 1.54) is 0 Å². The number of halogens is 4. The van der Waals surface area contributed by atoms with Crippen molar-refractivity contribution in [3.05, 3.63) is 34.3 Å². The Kier molecular flexibility index (Phi) is 5.68. The fourth-order valence-electron chi connectivity index (χ4n) is 3.30. The summed E-state index contributed by atoms with van der Waals surface area (Å²) >= 11 is 3.38. The molecule has 0 spiro atoms. The van der Waals surface area contributed by atoms with E-state index in [-0.39, 0.29) is 12.5 Å². The molecule has 1 aromatic rings. The normalized spacial score (nSPS) is 24.8. The molecule has 0 radical (unpaired) electrons. The lowest BCUT2D eigenvalue weighted by molar-refractivity contribution is -0.199. The molecule has 1 aliphatic rings. The molecule has 0 aliphatic heterocycles. The van der Waals surface area contributed by atoms with E-state index in [1.54, 1.807) is 0 Å². The maximum absolute atomic E-state index is 13.2. The van der Waals surface area contributed by atoms with Gasteiger partial charge in [-0.15, -0.1) is 0 Å². The number of nitrogens with one attached hydrogen (secondary N) is 1. The highest BCUT2D eigenvalue weighted by atomic mass is 79.9. The number of alkyl halides is 3. The summed E-state index contributed by atoms with van der Waals surface area (Å²) in [6, 6.07) is 7.27. The van der Waals surface area contributed by atoms with E-state index in [4.69, 9.17) is 5.84 Å². The van der Waals surface area contributed by atoms with Crippen LogP contribution in [-0.2, 0) is 6.42 Å². The summed E-state index contributed by atoms with van der Waals surface area (Å²) in [6.45, 7) is 0. The third-order valence-corrected chi connectivity index (χ3v) is 4.81. The van der Waals surface area contributed by atoms with Gasteiger partial charge in [0.25, 0.3) is 0 Å². The van der Waals surface area contributed by atoms with Crippen LogP contribution in [0.25, 0.3) is 0 Å². The molecular weight excluding hydrogens is 345 g/mol. The van der Waals surface area contributed by atoms with Gasteiger partial charge in [-0.1, -0.05) is 40.9 Å². The van der Waals surface area contributed by atoms with Crippen LogP contribution in [0.4, 0.5) is 13.2 Å². The molecule has 1 fully saturated rings. The minimum Gasteiger partial charge on any atom is -0.271 e. The number of hydrazine groups is 1. The summed E-state index contributed by atoms with van der Waals surface area (Å²) in [5.41, 5.74) is 3.61. The Morgan fingerprint density at radius 3 is 2.62 bits per heavy atom. The van der Waals surface area contributed by atoms with E-state index in [0.717, 1.165) is 16.5 Å². The number of hydrogen-bond acceptors (Lipinski definition) is 2. The van der Waals surface area contributed by atoms with Crippen molar-refractivity contribution in [2.45, 2.75) is 44.3 Å². The van der Waals surface area contributed by atoms with Gasteiger partial charge in [-0.05, 0) is 42.9 Å². The lowest BCUT2D eigenvalue weighted by atomic mass is 9.73. The van der Waals surface area contributed by atoms with E-state index in [9.17, 15) is 13.2 Å². The van der Waals surface area contributed by atoms with Crippen LogP contribution in [0, 0.1) is 11.8 Å². The summed E-state index contributed by atoms with van der Waals surface area (Å²) in [4.78, 5) is 0. The molecule has 3 N–H and O–H groups in total. The lowest BCUT2D eigenvalue weighted by Gasteiger charge is -2.38. The minimum absolute atomic E-state index is 0.213. The maximum Gasteiger partial charge on any atom is 0.392 e. The Balaban J connectivity index is 2.14. The van der Waals surface area contributed by atoms with E-state index in [0.29, 0.717) is 19.3 Å². The third-order valence-electron chi connectivity index (χ3n) is 4.32. The molecule has 1 aromatic carbocycles. The fourth-order valence-corrected chi connectivity index (χ4v) is 3.75. The highest BCUT2D eigenvalue weighted by molar-refractivity contribution is 9.10. The Hall–Kier alpha value is -0.590. The molecule has 21 heavy (non-hydrogen) atoms. The van der Waals surface area contributed by atoms with Crippen molar-refractivity contribution in [1.82, 2.24) is 5.43 Å². The summed E-state index contributed by atoms with van der Waals surface area (Å²) in [5, 5.41) is 0. The van der Waals surface area contributed by atoms with Crippen LogP contribution >= 0.6 is 15.9 Å². The van der Waals surface area contributed by atoms with Crippen molar-refractivity contribution in [3.8, 4) is 0 Å². The van der Waals surface area contributed by atoms with Crippen LogP contribution in [0.3, 0.4) is 0 Å². The smallest absolute Gasteiger partial charge is 0.271 e. The number of nitrogens with two attached hydrogens (primary N) is 1. The minimum atomic E-state index is -4.14. The Bertz CT molecular complexity index is 464. The van der Waals surface area contributed by atoms with Crippen molar-refractivity contribution < 1.29 is 13.2 Å². The molecule has 3 atom stereocenters. The standard InChI is InChI=1S/C15H20BrF3N2/c16-11-5-3-4-10(8-11)9-14(21-20)12-6-1-2-7-13(12)15(17,18)19/h3-5,8,12-14,21H,1-2,6-7,9,20H2. The van der Waals surface area contributed by atoms with Gasteiger partial charge < -0.3 is 0 Å². The number of benzene rings is 1. The highest BCUT2D eigenvalue weighted by Crippen LogP contribution is 2.43. The second-order valence-corrected chi connectivity index (χ2v) is 6.62. The first-order valence-corrected chi connectivity index (χ1v) is 7.98. The Morgan fingerprint density at radius 1 is 1.29 bits per heavy atom. The van der Waals surface area contributed by atoms with Gasteiger partial charge in [0.1, 0.15) is 0 Å². The molecule has 0 aromatic heterocycles. The molecule has 2 rings (SSSR count). The van der Waals surface area contributed by atoms with Gasteiger partial charge in [0, 0.05) is 10.5 Å². The zero-order valence-electron chi connectivity index (χ0n) is 11.7. The highest BCUT2D eigenvalue weighted by Gasteiger charge is 2.47. The van der Waals surface area contributed by atoms with Gasteiger partial charge in [0.2, 0.25) is 0 Å². The lowest BCUT2D eigenvalue weighted by Crippen LogP contribution is -2.49. The topological polar surface area (TPSA) is 38.0 Å². The molecule has 2 nitrogen and oxygen atoms in total. The summed E-state index contributed by atoms with van der Waals surface area (Å²) < 4.78 is 40.6. The van der Waals surface area contributed by atoms with Crippen molar-refractivity contribution in [2.24, 2.45) is 17.7 Å². The quantitative estimate of drug-likeness (QED) is 0.620. The largest absolute Gasteiger partial charge is 0.392 e. The van der Waals surface area contributed by atoms with E-state index >= 15 is 0 Å². The van der Waals surface area contributed by atoms with Crippen molar-refractivity contribution in [1.29, 1.82) is 0 Å². The van der Waals surface area contributed by atoms with Crippen molar-refractivity contribution in [3.63, 3.8) is 0 Å². The number of rotatable bonds is 4. The van der Waals surface area contributed by atoms with Crippen LogP contribution in [0.15, 0.2) is 28.7 Å². The fraction of sp³-hybridized carbons (Fsp3) is 0.600. The van der Waals surface area contributed by atoms with Crippen molar-refractivity contribution >= 4 is 15.9 Å². The van der Waals surface area contributed by atoms with Crippen LogP contribution < -0.4 is 11.3 Å². The van der Waals surface area contributed by atoms with Gasteiger partial charge in [0.15, 0.2) is 0 Å². The average molecular weight is 365 g/mol. The van der Waals surface area contributed by atoms with E-state index < -0.39 is 18.0 Å². The second kappa shape index (κ2) is 7.11. The summed E-state index contributed by atoms with van der Waals surface area (Å²) in [6.07, 6.45) is -1.36. The third kappa shape index (κ3) is 4.44. The summed E-state index contributed by atoms with van der Waals surface area (Å²) in [7, 11) is 0. The first kappa shape index (κ1) is 16.8. The molecule has 0 heterocycles. The molecule has 1 aliphatic carbocycles. The maximum atomic E-state index is 13.2. The van der Waals surface area contributed by atoms with Gasteiger partial charge in [-0.2, -0.15) is 13.2 Å². The van der Waals surface area contributed by atoms with Gasteiger partial charge in [0.05, 0.1) is 5.92 Å². The molecule has 118 valence electrons. The predicted molar refractivity (Wildman–Crippen MR) is 80.5 cm³/mol. The molecule has 0 amide bonds. The number of hydrogen-bond donors (Lipinski definition) is 2. The van der Waals surface area contributed by atoms with Crippen molar-refractivity contribution in [2.75, 3.05) is 0 Å².